The van der Waals surface area contributed by atoms with Gasteiger partial charge in [0.15, 0.2) is 17.4 Å². The molecule has 0 radical (unpaired) electrons. The number of halogens is 3. The van der Waals surface area contributed by atoms with Crippen molar-refractivity contribution in [2.45, 2.75) is 6.54 Å². The molecule has 2 aromatic carbocycles. The molecule has 0 aromatic heterocycles. The number of nitrogens with zero attached hydrogens (tertiary/aromatic N) is 1. The van der Waals surface area contributed by atoms with E-state index in [9.17, 15) is 18.9 Å². The van der Waals surface area contributed by atoms with Crippen LogP contribution in [0.3, 0.4) is 0 Å². The summed E-state index contributed by atoms with van der Waals surface area (Å²) >= 11 is 3.06. The second-order valence-electron chi connectivity index (χ2n) is 4.04. The summed E-state index contributed by atoms with van der Waals surface area (Å²) in [5.41, 5.74) is 5.15. The molecule has 5 nitrogen and oxygen atoms in total. The van der Waals surface area contributed by atoms with Crippen molar-refractivity contribution in [2.24, 2.45) is 5.73 Å². The molecule has 0 aliphatic heterocycles. The number of nitro benzene ring substituents is 1. The molecule has 2 aromatic rings. The largest absolute Gasteiger partial charge is 0.443 e. The van der Waals surface area contributed by atoms with Crippen molar-refractivity contribution in [2.75, 3.05) is 0 Å². The molecule has 0 saturated heterocycles. The second kappa shape index (κ2) is 6.15. The fraction of sp³-hybridized carbons (Fsp3) is 0.0769. The zero-order valence-electron chi connectivity index (χ0n) is 10.5. The molecule has 0 bridgehead atoms. The fourth-order valence-electron chi connectivity index (χ4n) is 1.67. The molecule has 21 heavy (non-hydrogen) atoms. The van der Waals surface area contributed by atoms with Crippen molar-refractivity contribution in [3.8, 4) is 11.5 Å². The maximum atomic E-state index is 13.8. The van der Waals surface area contributed by atoms with Gasteiger partial charge in [-0.2, -0.15) is 0 Å². The van der Waals surface area contributed by atoms with Crippen LogP contribution in [0.5, 0.6) is 11.5 Å². The number of hydrogen-bond acceptors (Lipinski definition) is 4. The first-order valence-corrected chi connectivity index (χ1v) is 6.52. The van der Waals surface area contributed by atoms with E-state index in [-0.39, 0.29) is 22.3 Å². The Hall–Kier alpha value is -2.06. The third-order valence-corrected chi connectivity index (χ3v) is 3.27. The van der Waals surface area contributed by atoms with Gasteiger partial charge in [0.1, 0.15) is 0 Å². The van der Waals surface area contributed by atoms with E-state index >= 15 is 0 Å². The summed E-state index contributed by atoms with van der Waals surface area (Å²) in [4.78, 5) is 10.2. The molecular formula is C13H9BrF2N2O3. The Bertz CT molecular complexity index is 687. The average molecular weight is 359 g/mol. The quantitative estimate of drug-likeness (QED) is 0.664. The molecule has 0 aliphatic carbocycles. The van der Waals surface area contributed by atoms with Crippen molar-refractivity contribution in [1.82, 2.24) is 0 Å². The molecule has 2 rings (SSSR count). The third kappa shape index (κ3) is 3.17. The topological polar surface area (TPSA) is 78.4 Å². The first kappa shape index (κ1) is 15.3. The number of para-hydroxylation sites is 1. The lowest BCUT2D eigenvalue weighted by Gasteiger charge is -2.10. The van der Waals surface area contributed by atoms with Crippen LogP contribution in [0.4, 0.5) is 14.5 Å². The van der Waals surface area contributed by atoms with Crippen LogP contribution in [-0.4, -0.2) is 4.92 Å². The van der Waals surface area contributed by atoms with Crippen LogP contribution in [0.15, 0.2) is 34.8 Å². The van der Waals surface area contributed by atoms with Crippen LogP contribution >= 0.6 is 15.9 Å². The highest BCUT2D eigenvalue weighted by Gasteiger charge is 2.22. The van der Waals surface area contributed by atoms with Gasteiger partial charge in [-0.3, -0.25) is 10.1 Å². The lowest BCUT2D eigenvalue weighted by atomic mass is 10.2. The first-order chi connectivity index (χ1) is 9.93. The van der Waals surface area contributed by atoms with Crippen molar-refractivity contribution in [1.29, 1.82) is 0 Å². The lowest BCUT2D eigenvalue weighted by molar-refractivity contribution is -0.385. The maximum Gasteiger partial charge on any atom is 0.312 e. The molecule has 0 atom stereocenters. The molecule has 0 heterocycles. The van der Waals surface area contributed by atoms with Gasteiger partial charge in [-0.05, 0) is 39.7 Å². The minimum atomic E-state index is -0.986. The molecular weight excluding hydrogens is 350 g/mol. The highest BCUT2D eigenvalue weighted by Crippen LogP contribution is 2.39. The average Bonchev–Trinajstić information content (AvgIpc) is 2.43. The molecule has 0 spiro atoms. The van der Waals surface area contributed by atoms with Gasteiger partial charge in [-0.25, -0.2) is 8.78 Å². The summed E-state index contributed by atoms with van der Waals surface area (Å²) in [5.74, 6) is -2.97. The minimum Gasteiger partial charge on any atom is -0.443 e. The van der Waals surface area contributed by atoms with Crippen LogP contribution in [-0.2, 0) is 6.54 Å². The predicted molar refractivity (Wildman–Crippen MR) is 75.1 cm³/mol. The molecule has 0 fully saturated rings. The Morgan fingerprint density at radius 3 is 2.38 bits per heavy atom. The van der Waals surface area contributed by atoms with Gasteiger partial charge in [0.25, 0.3) is 0 Å². The summed E-state index contributed by atoms with van der Waals surface area (Å²) in [7, 11) is 0. The Morgan fingerprint density at radius 1 is 1.24 bits per heavy atom. The van der Waals surface area contributed by atoms with Crippen LogP contribution in [0.1, 0.15) is 5.56 Å². The molecule has 2 N–H and O–H groups in total. The van der Waals surface area contributed by atoms with Gasteiger partial charge >= 0.3 is 5.69 Å². The molecule has 0 amide bonds. The standard InChI is InChI=1S/C13H9BrF2N2O3/c14-8-2-1-3-11(18(19)20)12(8)21-13-9(15)4-7(6-17)5-10(13)16/h1-5H,6,17H2. The third-order valence-electron chi connectivity index (χ3n) is 2.64. The molecule has 8 heteroatoms. The van der Waals surface area contributed by atoms with Crippen LogP contribution in [0, 0.1) is 21.7 Å². The molecule has 0 saturated carbocycles. The number of nitro groups is 1. The maximum absolute atomic E-state index is 13.8. The number of benzene rings is 2. The van der Waals surface area contributed by atoms with E-state index in [1.165, 1.54) is 18.2 Å². The van der Waals surface area contributed by atoms with Crippen LogP contribution in [0.2, 0.25) is 0 Å². The van der Waals surface area contributed by atoms with Gasteiger partial charge < -0.3 is 10.5 Å². The number of ether oxygens (including phenoxy) is 1. The van der Waals surface area contributed by atoms with Gasteiger partial charge in [-0.15, -0.1) is 0 Å². The first-order valence-electron chi connectivity index (χ1n) is 5.72. The monoisotopic (exact) mass is 358 g/mol. The van der Waals surface area contributed by atoms with E-state index in [0.717, 1.165) is 12.1 Å². The van der Waals surface area contributed by atoms with Crippen molar-refractivity contribution in [3.63, 3.8) is 0 Å². The lowest BCUT2D eigenvalue weighted by Crippen LogP contribution is -2.02. The zero-order valence-corrected chi connectivity index (χ0v) is 12.1. The minimum absolute atomic E-state index is 0.0384. The Morgan fingerprint density at radius 2 is 1.86 bits per heavy atom. The van der Waals surface area contributed by atoms with Gasteiger partial charge in [-0.1, -0.05) is 6.07 Å². The van der Waals surface area contributed by atoms with Crippen molar-refractivity contribution < 1.29 is 18.4 Å². The summed E-state index contributed by atoms with van der Waals surface area (Å²) in [5, 5.41) is 10.9. The smallest absolute Gasteiger partial charge is 0.312 e. The number of nitrogens with two attached hydrogens (primary N) is 1. The Balaban J connectivity index is 2.51. The van der Waals surface area contributed by atoms with E-state index in [2.05, 4.69) is 15.9 Å². The summed E-state index contributed by atoms with van der Waals surface area (Å²) in [6.45, 7) is -0.0384. The van der Waals surface area contributed by atoms with Crippen LogP contribution < -0.4 is 10.5 Å². The summed E-state index contributed by atoms with van der Waals surface area (Å²) in [6.07, 6.45) is 0. The van der Waals surface area contributed by atoms with Gasteiger partial charge in [0, 0.05) is 12.6 Å². The summed E-state index contributed by atoms with van der Waals surface area (Å²) in [6, 6.07) is 6.08. The van der Waals surface area contributed by atoms with E-state index in [1.54, 1.807) is 0 Å². The van der Waals surface area contributed by atoms with E-state index in [0.29, 0.717) is 0 Å². The van der Waals surface area contributed by atoms with E-state index in [4.69, 9.17) is 10.5 Å². The predicted octanol–water partition coefficient (Wildman–Crippen LogP) is 3.89. The van der Waals surface area contributed by atoms with Crippen molar-refractivity contribution >= 4 is 21.6 Å². The Kier molecular flexibility index (Phi) is 4.49. The van der Waals surface area contributed by atoms with Gasteiger partial charge in [0.2, 0.25) is 5.75 Å². The highest BCUT2D eigenvalue weighted by molar-refractivity contribution is 9.10. The fourth-order valence-corrected chi connectivity index (χ4v) is 2.11. The molecule has 0 unspecified atom stereocenters. The SMILES string of the molecule is NCc1cc(F)c(Oc2c(Br)cccc2[N+](=O)[O-])c(F)c1. The molecule has 110 valence electrons. The second-order valence-corrected chi connectivity index (χ2v) is 4.89. The van der Waals surface area contributed by atoms with E-state index in [1.807, 2.05) is 0 Å². The number of rotatable bonds is 4. The molecule has 0 aliphatic rings. The summed E-state index contributed by atoms with van der Waals surface area (Å²) < 4.78 is 33.0. The normalized spacial score (nSPS) is 10.5. The van der Waals surface area contributed by atoms with Crippen molar-refractivity contribution in [3.05, 3.63) is 62.1 Å². The number of hydrogen-bond donors (Lipinski definition) is 1. The highest BCUT2D eigenvalue weighted by atomic mass is 79.9. The zero-order chi connectivity index (χ0) is 15.6. The Labute approximate surface area is 126 Å². The van der Waals surface area contributed by atoms with E-state index < -0.39 is 28.0 Å². The van der Waals surface area contributed by atoms with Gasteiger partial charge in [0.05, 0.1) is 9.40 Å². The van der Waals surface area contributed by atoms with Crippen LogP contribution in [0.25, 0.3) is 0 Å².